The van der Waals surface area contributed by atoms with Gasteiger partial charge in [-0.05, 0) is 12.8 Å². The van der Waals surface area contributed by atoms with Gasteiger partial charge < -0.3 is 14.0 Å². The Kier molecular flexibility index (Phi) is 28.4. The second-order valence-electron chi connectivity index (χ2n) is 9.66. The van der Waals surface area contributed by atoms with E-state index in [0.717, 1.165) is 19.3 Å². The summed E-state index contributed by atoms with van der Waals surface area (Å²) in [7, 11) is -5.01. The average molecular weight is 555 g/mol. The first-order valence-corrected chi connectivity index (χ1v) is 15.7. The molecule has 37 heavy (non-hydrogen) atoms. The van der Waals surface area contributed by atoms with E-state index in [1.807, 2.05) is 0 Å². The van der Waals surface area contributed by atoms with Crippen LogP contribution in [0.25, 0.3) is 0 Å². The van der Waals surface area contributed by atoms with Crippen molar-refractivity contribution in [2.24, 2.45) is 0 Å². The van der Waals surface area contributed by atoms with E-state index in [2.05, 4.69) is 13.5 Å². The van der Waals surface area contributed by atoms with Gasteiger partial charge in [-0.15, -0.1) is 6.58 Å². The average Bonchev–Trinajstić information content (AvgIpc) is 2.83. The fourth-order valence-electron chi connectivity index (χ4n) is 4.04. The van der Waals surface area contributed by atoms with Crippen LogP contribution in [0.15, 0.2) is 12.7 Å². The molecule has 0 heterocycles. The minimum atomic E-state index is -5.01. The van der Waals surface area contributed by atoms with Gasteiger partial charge >= 0.3 is 41.5 Å². The number of hydrogen-bond acceptors (Lipinski definition) is 7. The van der Waals surface area contributed by atoms with Gasteiger partial charge in [-0.1, -0.05) is 122 Å². The Morgan fingerprint density at radius 3 is 1.51 bits per heavy atom. The zero-order valence-electron chi connectivity index (χ0n) is 23.7. The van der Waals surface area contributed by atoms with Gasteiger partial charge in [0.05, 0.1) is 19.6 Å². The molecule has 0 amide bonds. The monoisotopic (exact) mass is 554 g/mol. The Bertz CT molecular complexity index is 667. The van der Waals surface area contributed by atoms with Crippen molar-refractivity contribution in [1.29, 1.82) is 0 Å². The van der Waals surface area contributed by atoms with Crippen molar-refractivity contribution in [2.75, 3.05) is 13.2 Å². The third kappa shape index (κ3) is 25.6. The summed E-state index contributed by atoms with van der Waals surface area (Å²) in [5.74, 6) is -2.11. The molecule has 0 aromatic heterocycles. The van der Waals surface area contributed by atoms with E-state index in [0.29, 0.717) is 12.8 Å². The van der Waals surface area contributed by atoms with Crippen molar-refractivity contribution in [3.63, 3.8) is 0 Å². The van der Waals surface area contributed by atoms with Gasteiger partial charge in [0, 0.05) is 0 Å². The summed E-state index contributed by atoms with van der Waals surface area (Å²) in [4.78, 5) is 23.7. The summed E-state index contributed by atoms with van der Waals surface area (Å²) >= 11 is 0. The fourth-order valence-corrected chi connectivity index (χ4v) is 4.68. The molecular formula is C28H51NaO7S. The van der Waals surface area contributed by atoms with E-state index in [-0.39, 0.29) is 42.8 Å². The molecule has 0 aromatic rings. The summed E-state index contributed by atoms with van der Waals surface area (Å²) in [6.45, 7) is 5.78. The third-order valence-electron chi connectivity index (χ3n) is 6.29. The molecule has 0 saturated heterocycles. The Labute approximate surface area is 248 Å². The standard InChI is InChI=1S/C28H52O7S.Na/c1-3-5-7-8-9-10-11-12-13-14-15-16-17-18-19-20-21-22-24-35-28(30)26(36(31,32)33)25-27(29)34-23-6-4-2;/h4,26H,2-3,5-25H2,1H3,(H,31,32,33);/q;+1/p-1. The molecule has 212 valence electrons. The summed E-state index contributed by atoms with van der Waals surface area (Å²) in [6, 6.07) is 0. The van der Waals surface area contributed by atoms with Gasteiger partial charge in [0.1, 0.15) is 10.1 Å². The largest absolute Gasteiger partial charge is 1.00 e. The first-order valence-electron chi connectivity index (χ1n) is 14.2. The summed E-state index contributed by atoms with van der Waals surface area (Å²) in [5.41, 5.74) is 0. The zero-order valence-corrected chi connectivity index (χ0v) is 26.5. The van der Waals surface area contributed by atoms with Crippen LogP contribution in [-0.4, -0.2) is 43.4 Å². The molecule has 0 rings (SSSR count). The molecule has 7 nitrogen and oxygen atoms in total. The Balaban J connectivity index is 0. The van der Waals surface area contributed by atoms with Crippen LogP contribution in [0.2, 0.25) is 0 Å². The minimum absolute atomic E-state index is 0. The van der Waals surface area contributed by atoms with Gasteiger partial charge in [-0.3, -0.25) is 9.59 Å². The normalized spacial score (nSPS) is 11.9. The van der Waals surface area contributed by atoms with Crippen LogP contribution in [0.5, 0.6) is 0 Å². The van der Waals surface area contributed by atoms with Crippen LogP contribution in [0, 0.1) is 0 Å². The topological polar surface area (TPSA) is 110 Å². The van der Waals surface area contributed by atoms with Gasteiger partial charge in [-0.2, -0.15) is 0 Å². The number of unbranched alkanes of at least 4 members (excludes halogenated alkanes) is 17. The molecule has 1 atom stereocenters. The van der Waals surface area contributed by atoms with Crippen molar-refractivity contribution >= 4 is 22.1 Å². The molecule has 1 unspecified atom stereocenters. The van der Waals surface area contributed by atoms with Crippen molar-refractivity contribution in [2.45, 2.75) is 141 Å². The zero-order chi connectivity index (χ0) is 26.9. The third-order valence-corrected chi connectivity index (χ3v) is 7.35. The number of carbonyl (C=O) groups is 2. The van der Waals surface area contributed by atoms with Gasteiger partial charge in [0.25, 0.3) is 0 Å². The maximum Gasteiger partial charge on any atom is 1.00 e. The van der Waals surface area contributed by atoms with Crippen molar-refractivity contribution < 1.29 is 61.6 Å². The molecule has 9 heteroatoms. The molecule has 0 aliphatic rings. The molecular weight excluding hydrogens is 503 g/mol. The number of ether oxygens (including phenoxy) is 2. The van der Waals surface area contributed by atoms with Crippen LogP contribution in [-0.2, 0) is 29.2 Å². The van der Waals surface area contributed by atoms with Gasteiger partial charge in [-0.25, -0.2) is 8.42 Å². The van der Waals surface area contributed by atoms with Gasteiger partial charge in [0.2, 0.25) is 0 Å². The Hall–Kier alpha value is -0.410. The maximum absolute atomic E-state index is 12.0. The summed E-state index contributed by atoms with van der Waals surface area (Å²) in [5, 5.41) is -2.07. The molecule has 0 N–H and O–H groups in total. The predicted octanol–water partition coefficient (Wildman–Crippen LogP) is 4.00. The molecule has 0 spiro atoms. The van der Waals surface area contributed by atoms with E-state index < -0.39 is 33.7 Å². The minimum Gasteiger partial charge on any atom is -0.747 e. The van der Waals surface area contributed by atoms with E-state index in [9.17, 15) is 22.6 Å². The number of hydrogen-bond donors (Lipinski definition) is 0. The number of rotatable bonds is 26. The molecule has 0 aliphatic heterocycles. The first-order chi connectivity index (χ1) is 17.3. The second kappa shape index (κ2) is 27.2. The van der Waals surface area contributed by atoms with Gasteiger partial charge in [0.15, 0.2) is 5.25 Å². The maximum atomic E-state index is 12.0. The van der Waals surface area contributed by atoms with E-state index >= 15 is 0 Å². The van der Waals surface area contributed by atoms with E-state index in [1.165, 1.54) is 96.0 Å². The van der Waals surface area contributed by atoms with Crippen LogP contribution in [0.4, 0.5) is 0 Å². The predicted molar refractivity (Wildman–Crippen MR) is 144 cm³/mol. The van der Waals surface area contributed by atoms with E-state index in [4.69, 9.17) is 9.47 Å². The molecule has 0 fully saturated rings. The number of esters is 2. The Morgan fingerprint density at radius 2 is 1.14 bits per heavy atom. The van der Waals surface area contributed by atoms with Crippen molar-refractivity contribution in [1.82, 2.24) is 0 Å². The van der Waals surface area contributed by atoms with Crippen LogP contribution in [0.1, 0.15) is 135 Å². The molecule has 0 bridgehead atoms. The SMILES string of the molecule is C=CCCOC(=O)CC(C(=O)OCCCCCCCCCCCCCCCCCCCC)S(=O)(=O)[O-].[Na+]. The summed E-state index contributed by atoms with van der Waals surface area (Å²) < 4.78 is 43.8. The first kappa shape index (κ1) is 38.7. The quantitative estimate of drug-likeness (QED) is 0.0523. The smallest absolute Gasteiger partial charge is 0.747 e. The van der Waals surface area contributed by atoms with Crippen molar-refractivity contribution in [3.8, 4) is 0 Å². The Morgan fingerprint density at radius 1 is 0.730 bits per heavy atom. The number of carbonyl (C=O) groups excluding carboxylic acids is 2. The van der Waals surface area contributed by atoms with Crippen LogP contribution in [0.3, 0.4) is 0 Å². The van der Waals surface area contributed by atoms with Crippen molar-refractivity contribution in [3.05, 3.63) is 12.7 Å². The fraction of sp³-hybridized carbons (Fsp3) is 0.857. The van der Waals surface area contributed by atoms with Crippen LogP contribution < -0.4 is 29.6 Å². The van der Waals surface area contributed by atoms with E-state index in [1.54, 1.807) is 0 Å². The van der Waals surface area contributed by atoms with Crippen LogP contribution >= 0.6 is 0 Å². The summed E-state index contributed by atoms with van der Waals surface area (Å²) in [6.07, 6.45) is 23.5. The second-order valence-corrected chi connectivity index (χ2v) is 11.2. The molecule has 0 saturated carbocycles. The molecule has 0 aliphatic carbocycles. The molecule has 0 aromatic carbocycles. The molecule has 0 radical (unpaired) electrons.